The molecular formula is C30H29FN4O6. The van der Waals surface area contributed by atoms with Gasteiger partial charge in [-0.1, -0.05) is 6.08 Å². The van der Waals surface area contributed by atoms with E-state index >= 15 is 4.39 Å². The Morgan fingerprint density at radius 2 is 1.88 bits per heavy atom. The van der Waals surface area contributed by atoms with Crippen molar-refractivity contribution in [1.82, 2.24) is 14.5 Å². The first-order valence-corrected chi connectivity index (χ1v) is 12.9. The molecule has 0 fully saturated rings. The molecular weight excluding hydrogens is 531 g/mol. The molecule has 0 saturated carbocycles. The molecule has 0 radical (unpaired) electrons. The van der Waals surface area contributed by atoms with Gasteiger partial charge in [-0.3, -0.25) is 14.6 Å². The van der Waals surface area contributed by atoms with E-state index in [1.54, 1.807) is 26.1 Å². The average Bonchev–Trinajstić information content (AvgIpc) is 2.97. The van der Waals surface area contributed by atoms with E-state index in [2.05, 4.69) is 15.3 Å². The van der Waals surface area contributed by atoms with Crippen LogP contribution < -0.4 is 25.0 Å². The fraction of sp³-hybridized carbons (Fsp3) is 0.267. The Labute approximate surface area is 235 Å². The highest BCUT2D eigenvalue weighted by molar-refractivity contribution is 6.05. The highest BCUT2D eigenvalue weighted by Crippen LogP contribution is 2.35. The lowest BCUT2D eigenvalue weighted by Crippen LogP contribution is -2.30. The van der Waals surface area contributed by atoms with E-state index in [4.69, 9.17) is 18.9 Å². The third kappa shape index (κ3) is 5.23. The van der Waals surface area contributed by atoms with E-state index < -0.39 is 11.7 Å². The van der Waals surface area contributed by atoms with Gasteiger partial charge in [0, 0.05) is 54.1 Å². The quantitative estimate of drug-likeness (QED) is 0.338. The molecule has 41 heavy (non-hydrogen) atoms. The van der Waals surface area contributed by atoms with E-state index in [-0.39, 0.29) is 34.1 Å². The van der Waals surface area contributed by atoms with Crippen LogP contribution in [0.4, 0.5) is 10.1 Å². The summed E-state index contributed by atoms with van der Waals surface area (Å²) < 4.78 is 38.8. The zero-order valence-corrected chi connectivity index (χ0v) is 23.3. The second kappa shape index (κ2) is 11.4. The second-order valence-electron chi connectivity index (χ2n) is 9.44. The monoisotopic (exact) mass is 560 g/mol. The molecule has 1 aliphatic heterocycles. The number of nitrogens with one attached hydrogen (secondary N) is 1. The van der Waals surface area contributed by atoms with Crippen LogP contribution in [0.15, 0.2) is 47.4 Å². The van der Waals surface area contributed by atoms with Crippen molar-refractivity contribution in [3.05, 3.63) is 81.2 Å². The van der Waals surface area contributed by atoms with Gasteiger partial charge in [-0.25, -0.2) is 9.37 Å². The van der Waals surface area contributed by atoms with Crippen LogP contribution in [0.3, 0.4) is 0 Å². The number of rotatable bonds is 7. The van der Waals surface area contributed by atoms with Gasteiger partial charge >= 0.3 is 0 Å². The Balaban J connectivity index is 1.43. The van der Waals surface area contributed by atoms with Crippen molar-refractivity contribution in [1.29, 1.82) is 0 Å². The zero-order chi connectivity index (χ0) is 29.3. The predicted molar refractivity (Wildman–Crippen MR) is 152 cm³/mol. The molecule has 1 N–H and O–H groups in total. The molecule has 0 saturated heterocycles. The number of benzene rings is 1. The first kappa shape index (κ1) is 27.8. The third-order valence-corrected chi connectivity index (χ3v) is 7.13. The lowest BCUT2D eigenvalue weighted by Gasteiger charge is -2.21. The number of amides is 1. The molecule has 5 rings (SSSR count). The number of pyridine rings is 3. The Bertz CT molecular complexity index is 1760. The maximum atomic E-state index is 15.2. The number of carbonyl (C=O) groups excluding carboxylic acids is 1. The minimum Gasteiger partial charge on any atom is -0.491 e. The van der Waals surface area contributed by atoms with E-state index in [9.17, 15) is 9.59 Å². The first-order valence-electron chi connectivity index (χ1n) is 12.9. The van der Waals surface area contributed by atoms with Gasteiger partial charge in [0.05, 0.1) is 33.0 Å². The number of nitrogens with zero attached hydrogens (tertiary/aromatic N) is 3. The van der Waals surface area contributed by atoms with Crippen LogP contribution in [0.2, 0.25) is 0 Å². The van der Waals surface area contributed by atoms with Gasteiger partial charge in [0.1, 0.15) is 11.1 Å². The lowest BCUT2D eigenvalue weighted by atomic mass is 9.96. The molecule has 1 aliphatic rings. The van der Waals surface area contributed by atoms with Crippen molar-refractivity contribution in [2.24, 2.45) is 7.05 Å². The fourth-order valence-electron chi connectivity index (χ4n) is 4.80. The minimum atomic E-state index is -0.727. The molecule has 1 amide bonds. The van der Waals surface area contributed by atoms with Crippen LogP contribution in [0, 0.1) is 19.7 Å². The minimum absolute atomic E-state index is 0.0000632. The number of halogens is 1. The first-order chi connectivity index (χ1) is 19.7. The standard InChI is InChI=1S/C30H29FN4O6/c1-16-25(18-9-12-40-13-10-18)28(36)26(17(2)35(16)3)29(37)33-19-6-7-22(20(31)14-19)41-23-8-11-32-21-15-24(38-4)30(39-5)34-27(21)23/h6-9,11,14-15H,10,12-13H2,1-5H3,(H,33,37). The van der Waals surface area contributed by atoms with E-state index in [0.29, 0.717) is 47.7 Å². The Kier molecular flexibility index (Phi) is 7.71. The van der Waals surface area contributed by atoms with E-state index in [0.717, 1.165) is 17.3 Å². The van der Waals surface area contributed by atoms with Gasteiger partial charge in [-0.05, 0) is 38.0 Å². The van der Waals surface area contributed by atoms with Gasteiger partial charge < -0.3 is 28.8 Å². The molecule has 4 aromatic rings. The molecule has 1 aromatic carbocycles. The summed E-state index contributed by atoms with van der Waals surface area (Å²) in [6.45, 7) is 4.48. The number of methoxy groups -OCH3 is 2. The summed E-state index contributed by atoms with van der Waals surface area (Å²) in [7, 11) is 4.75. The molecule has 0 bridgehead atoms. The predicted octanol–water partition coefficient (Wildman–Crippen LogP) is 4.95. The highest BCUT2D eigenvalue weighted by Gasteiger charge is 2.24. The van der Waals surface area contributed by atoms with Gasteiger partial charge in [0.15, 0.2) is 23.1 Å². The summed E-state index contributed by atoms with van der Waals surface area (Å²) in [5, 5.41) is 2.66. The maximum absolute atomic E-state index is 15.2. The number of fused-ring (bicyclic) bond motifs is 1. The van der Waals surface area contributed by atoms with Crippen LogP contribution in [-0.4, -0.2) is 47.9 Å². The van der Waals surface area contributed by atoms with Crippen molar-refractivity contribution < 1.29 is 28.1 Å². The largest absolute Gasteiger partial charge is 0.491 e. The molecule has 0 unspecified atom stereocenters. The van der Waals surface area contributed by atoms with Crippen LogP contribution >= 0.6 is 0 Å². The number of aromatic nitrogens is 3. The second-order valence-corrected chi connectivity index (χ2v) is 9.44. The molecule has 3 aromatic heterocycles. The molecule has 212 valence electrons. The van der Waals surface area contributed by atoms with Crippen molar-refractivity contribution >= 4 is 28.2 Å². The Morgan fingerprint density at radius 1 is 1.07 bits per heavy atom. The van der Waals surface area contributed by atoms with Crippen LogP contribution in [-0.2, 0) is 11.8 Å². The van der Waals surface area contributed by atoms with E-state index in [1.807, 2.05) is 17.6 Å². The summed E-state index contributed by atoms with van der Waals surface area (Å²) >= 11 is 0. The molecule has 4 heterocycles. The summed E-state index contributed by atoms with van der Waals surface area (Å²) in [6, 6.07) is 7.20. The van der Waals surface area contributed by atoms with Crippen LogP contribution in [0.1, 0.15) is 33.7 Å². The topological polar surface area (TPSA) is 114 Å². The Hall–Kier alpha value is -4.77. The van der Waals surface area contributed by atoms with Crippen LogP contribution in [0.5, 0.6) is 23.1 Å². The molecule has 0 spiro atoms. The number of anilines is 1. The van der Waals surface area contributed by atoms with Gasteiger partial charge in [0.2, 0.25) is 5.43 Å². The van der Waals surface area contributed by atoms with Crippen molar-refractivity contribution in [3.8, 4) is 23.1 Å². The summed E-state index contributed by atoms with van der Waals surface area (Å²) in [6.07, 6.45) is 3.95. The zero-order valence-electron chi connectivity index (χ0n) is 23.3. The molecule has 10 nitrogen and oxygen atoms in total. The molecule has 11 heteroatoms. The summed E-state index contributed by atoms with van der Waals surface area (Å²) in [5.74, 6) is -0.578. The fourth-order valence-corrected chi connectivity index (χ4v) is 4.80. The summed E-state index contributed by atoms with van der Waals surface area (Å²) in [4.78, 5) is 35.5. The summed E-state index contributed by atoms with van der Waals surface area (Å²) in [5.41, 5.74) is 3.23. The average molecular weight is 561 g/mol. The third-order valence-electron chi connectivity index (χ3n) is 7.13. The number of ether oxygens (including phenoxy) is 4. The normalized spacial score (nSPS) is 13.1. The number of hydrogen-bond acceptors (Lipinski definition) is 8. The number of hydrogen-bond donors (Lipinski definition) is 1. The van der Waals surface area contributed by atoms with Crippen LogP contribution in [0.25, 0.3) is 16.6 Å². The molecule has 0 aliphatic carbocycles. The van der Waals surface area contributed by atoms with Crippen molar-refractivity contribution in [2.75, 3.05) is 32.8 Å². The smallest absolute Gasteiger partial charge is 0.261 e. The van der Waals surface area contributed by atoms with Gasteiger partial charge in [-0.2, -0.15) is 0 Å². The van der Waals surface area contributed by atoms with Crippen molar-refractivity contribution in [2.45, 2.75) is 20.3 Å². The highest BCUT2D eigenvalue weighted by atomic mass is 19.1. The van der Waals surface area contributed by atoms with Crippen molar-refractivity contribution in [3.63, 3.8) is 0 Å². The number of carbonyl (C=O) groups is 1. The molecule has 0 atom stereocenters. The lowest BCUT2D eigenvalue weighted by molar-refractivity contribution is 0.102. The van der Waals surface area contributed by atoms with Gasteiger partial charge in [-0.15, -0.1) is 0 Å². The maximum Gasteiger partial charge on any atom is 0.261 e. The van der Waals surface area contributed by atoms with E-state index in [1.165, 1.54) is 32.5 Å². The van der Waals surface area contributed by atoms with Gasteiger partial charge in [0.25, 0.3) is 11.8 Å². The SMILES string of the molecule is COc1cc2nccc(Oc3ccc(NC(=O)c4c(C)n(C)c(C)c(C5=CCOCC5)c4=O)cc3F)c2nc1OC. The Morgan fingerprint density at radius 3 is 2.56 bits per heavy atom.